The number of aromatic nitrogens is 2. The van der Waals surface area contributed by atoms with Gasteiger partial charge in [0.1, 0.15) is 23.9 Å². The second kappa shape index (κ2) is 8.30. The third-order valence-electron chi connectivity index (χ3n) is 3.81. The minimum Gasteiger partial charge on any atom is -0.479 e. The number of furan rings is 1. The van der Waals surface area contributed by atoms with Crippen molar-refractivity contribution < 1.29 is 23.3 Å². The van der Waals surface area contributed by atoms with Crippen LogP contribution >= 0.6 is 0 Å². The van der Waals surface area contributed by atoms with Crippen LogP contribution in [-0.2, 0) is 13.2 Å². The third kappa shape index (κ3) is 4.50. The molecule has 2 aromatic heterocycles. The summed E-state index contributed by atoms with van der Waals surface area (Å²) in [5, 5.41) is 15.0. The maximum Gasteiger partial charge on any atom is 0.311 e. The van der Waals surface area contributed by atoms with E-state index in [2.05, 4.69) is 5.10 Å². The van der Waals surface area contributed by atoms with Gasteiger partial charge in [-0.25, -0.2) is 4.39 Å². The van der Waals surface area contributed by atoms with Gasteiger partial charge in [0.05, 0.1) is 16.7 Å². The number of carbonyl (C=O) groups is 1. The minimum atomic E-state index is -0.655. The molecule has 0 amide bonds. The molecule has 3 aromatic rings. The van der Waals surface area contributed by atoms with Gasteiger partial charge in [0.15, 0.2) is 11.5 Å². The molecular formula is C19H16FN3O5. The van der Waals surface area contributed by atoms with E-state index >= 15 is 0 Å². The standard InChI is InChI=1S/C19H16FN3O5/c1-2-22-11-13(10-21-22)18(24)8-6-15-4-5-16(28-15)12-27-19-9-14(20)3-7-17(19)23(25)26/h3-11H,2,12H2,1H3/b8-6+. The Hall–Kier alpha value is -3.75. The number of nitrogens with zero attached hydrogens (tertiary/aromatic N) is 3. The first-order valence-electron chi connectivity index (χ1n) is 8.36. The van der Waals surface area contributed by atoms with Gasteiger partial charge in [0, 0.05) is 24.9 Å². The van der Waals surface area contributed by atoms with E-state index in [-0.39, 0.29) is 23.8 Å². The number of rotatable bonds is 8. The van der Waals surface area contributed by atoms with Crippen molar-refractivity contribution in [3.8, 4) is 5.75 Å². The highest BCUT2D eigenvalue weighted by atomic mass is 19.1. The second-order valence-corrected chi connectivity index (χ2v) is 5.74. The molecule has 3 rings (SSSR count). The largest absolute Gasteiger partial charge is 0.479 e. The first-order valence-corrected chi connectivity index (χ1v) is 8.36. The SMILES string of the molecule is CCn1cc(C(=O)/C=C/c2ccc(COc3cc(F)ccc3[N+](=O)[O-])o2)cn1. The highest BCUT2D eigenvalue weighted by molar-refractivity contribution is 6.06. The van der Waals surface area contributed by atoms with Gasteiger partial charge in [-0.1, -0.05) is 0 Å². The van der Waals surface area contributed by atoms with E-state index in [4.69, 9.17) is 9.15 Å². The number of carbonyl (C=O) groups excluding carboxylic acids is 1. The van der Waals surface area contributed by atoms with Gasteiger partial charge in [-0.15, -0.1) is 0 Å². The highest BCUT2D eigenvalue weighted by Gasteiger charge is 2.16. The molecule has 0 spiro atoms. The molecule has 0 aliphatic carbocycles. The summed E-state index contributed by atoms with van der Waals surface area (Å²) in [7, 11) is 0. The van der Waals surface area contributed by atoms with Crippen molar-refractivity contribution in [3.05, 3.63) is 81.8 Å². The predicted octanol–water partition coefficient (Wildman–Crippen LogP) is 4.02. The fourth-order valence-corrected chi connectivity index (χ4v) is 2.38. The van der Waals surface area contributed by atoms with Gasteiger partial charge in [0.25, 0.3) is 0 Å². The first-order chi connectivity index (χ1) is 13.5. The molecule has 0 N–H and O–H groups in total. The first kappa shape index (κ1) is 19.0. The molecule has 28 heavy (non-hydrogen) atoms. The van der Waals surface area contributed by atoms with Crippen LogP contribution in [0, 0.1) is 15.9 Å². The Kier molecular flexibility index (Phi) is 5.64. The van der Waals surface area contributed by atoms with E-state index in [1.807, 2.05) is 6.92 Å². The summed E-state index contributed by atoms with van der Waals surface area (Å²) in [4.78, 5) is 22.4. The summed E-state index contributed by atoms with van der Waals surface area (Å²) >= 11 is 0. The molecule has 144 valence electrons. The molecule has 0 saturated carbocycles. The molecule has 1 aromatic carbocycles. The number of allylic oxidation sites excluding steroid dienone is 1. The number of ether oxygens (including phenoxy) is 1. The number of halogens is 1. The van der Waals surface area contributed by atoms with Crippen LogP contribution in [-0.4, -0.2) is 20.5 Å². The van der Waals surface area contributed by atoms with Crippen LogP contribution in [0.1, 0.15) is 28.8 Å². The minimum absolute atomic E-state index is 0.130. The Morgan fingerprint density at radius 2 is 2.21 bits per heavy atom. The molecule has 2 heterocycles. The lowest BCUT2D eigenvalue weighted by atomic mass is 10.2. The van der Waals surface area contributed by atoms with Gasteiger partial charge in [-0.2, -0.15) is 5.10 Å². The normalized spacial score (nSPS) is 11.1. The molecule has 0 bridgehead atoms. The Bertz CT molecular complexity index is 1040. The number of aryl methyl sites for hydroxylation is 1. The maximum absolute atomic E-state index is 13.3. The molecule has 0 radical (unpaired) electrons. The predicted molar refractivity (Wildman–Crippen MR) is 97.4 cm³/mol. The van der Waals surface area contributed by atoms with E-state index in [1.54, 1.807) is 23.0 Å². The van der Waals surface area contributed by atoms with Gasteiger partial charge < -0.3 is 9.15 Å². The van der Waals surface area contributed by atoms with E-state index in [1.165, 1.54) is 18.3 Å². The zero-order valence-electron chi connectivity index (χ0n) is 14.9. The molecule has 0 aliphatic rings. The van der Waals surface area contributed by atoms with Crippen LogP contribution in [0.5, 0.6) is 5.75 Å². The Morgan fingerprint density at radius 3 is 2.93 bits per heavy atom. The fraction of sp³-hybridized carbons (Fsp3) is 0.158. The highest BCUT2D eigenvalue weighted by Crippen LogP contribution is 2.28. The average molecular weight is 385 g/mol. The summed E-state index contributed by atoms with van der Waals surface area (Å²) in [5.41, 5.74) is 0.123. The average Bonchev–Trinajstić information content (AvgIpc) is 3.33. The molecule has 0 saturated heterocycles. The summed E-state index contributed by atoms with van der Waals surface area (Å²) in [6.07, 6.45) is 6.00. The van der Waals surface area contributed by atoms with Crippen molar-refractivity contribution in [1.82, 2.24) is 9.78 Å². The fourth-order valence-electron chi connectivity index (χ4n) is 2.38. The zero-order chi connectivity index (χ0) is 20.1. The summed E-state index contributed by atoms with van der Waals surface area (Å²) in [6, 6.07) is 6.19. The zero-order valence-corrected chi connectivity index (χ0v) is 14.9. The molecule has 8 nitrogen and oxygen atoms in total. The lowest BCUT2D eigenvalue weighted by Crippen LogP contribution is -1.99. The van der Waals surface area contributed by atoms with Crippen molar-refractivity contribution in [3.63, 3.8) is 0 Å². The number of nitro benzene ring substituents is 1. The van der Waals surface area contributed by atoms with Crippen LogP contribution in [0.15, 0.2) is 53.2 Å². The van der Waals surface area contributed by atoms with E-state index in [0.29, 0.717) is 23.6 Å². The van der Waals surface area contributed by atoms with Crippen LogP contribution in [0.4, 0.5) is 10.1 Å². The van der Waals surface area contributed by atoms with Crippen molar-refractivity contribution in [2.45, 2.75) is 20.1 Å². The molecule has 9 heteroatoms. The van der Waals surface area contributed by atoms with E-state index in [0.717, 1.165) is 18.2 Å². The van der Waals surface area contributed by atoms with E-state index in [9.17, 15) is 19.3 Å². The topological polar surface area (TPSA) is 100 Å². The van der Waals surface area contributed by atoms with Gasteiger partial charge in [-0.05, 0) is 37.3 Å². The van der Waals surface area contributed by atoms with Gasteiger partial charge >= 0.3 is 5.69 Å². The monoisotopic (exact) mass is 385 g/mol. The Labute approximate surface area is 159 Å². The lowest BCUT2D eigenvalue weighted by molar-refractivity contribution is -0.386. The second-order valence-electron chi connectivity index (χ2n) is 5.74. The third-order valence-corrected chi connectivity index (χ3v) is 3.81. The van der Waals surface area contributed by atoms with Crippen LogP contribution in [0.3, 0.4) is 0 Å². The number of nitro groups is 1. The van der Waals surface area contributed by atoms with Crippen molar-refractivity contribution in [2.24, 2.45) is 0 Å². The van der Waals surface area contributed by atoms with Crippen LogP contribution < -0.4 is 4.74 Å². The number of ketones is 1. The molecule has 0 unspecified atom stereocenters. The molecular weight excluding hydrogens is 369 g/mol. The van der Waals surface area contributed by atoms with Crippen molar-refractivity contribution in [2.75, 3.05) is 0 Å². The Balaban J connectivity index is 1.64. The van der Waals surface area contributed by atoms with Crippen LogP contribution in [0.2, 0.25) is 0 Å². The smallest absolute Gasteiger partial charge is 0.311 e. The molecule has 0 fully saturated rings. The number of hydrogen-bond acceptors (Lipinski definition) is 6. The summed E-state index contributed by atoms with van der Waals surface area (Å²) in [6.45, 7) is 2.46. The van der Waals surface area contributed by atoms with Crippen LogP contribution in [0.25, 0.3) is 6.08 Å². The maximum atomic E-state index is 13.3. The van der Waals surface area contributed by atoms with E-state index < -0.39 is 10.7 Å². The quantitative estimate of drug-likeness (QED) is 0.251. The number of hydrogen-bond donors (Lipinski definition) is 0. The van der Waals surface area contributed by atoms with Gasteiger partial charge in [0.2, 0.25) is 0 Å². The molecule has 0 atom stereocenters. The van der Waals surface area contributed by atoms with Crippen molar-refractivity contribution in [1.29, 1.82) is 0 Å². The Morgan fingerprint density at radius 1 is 1.39 bits per heavy atom. The van der Waals surface area contributed by atoms with Crippen molar-refractivity contribution >= 4 is 17.5 Å². The molecule has 0 aliphatic heterocycles. The van der Waals surface area contributed by atoms with Gasteiger partial charge in [-0.3, -0.25) is 19.6 Å². The number of benzene rings is 1. The summed E-state index contributed by atoms with van der Waals surface area (Å²) < 4.78 is 25.8. The lowest BCUT2D eigenvalue weighted by Gasteiger charge is -2.05. The summed E-state index contributed by atoms with van der Waals surface area (Å²) in [5.74, 6) is -0.285.